The molecule has 1 N–H and O–H groups in total. The molecule has 2 heterocycles. The van der Waals surface area contributed by atoms with Gasteiger partial charge in [-0.25, -0.2) is 13.2 Å². The normalized spacial score (nSPS) is 16.8. The second-order valence-electron chi connectivity index (χ2n) is 4.71. The Morgan fingerprint density at radius 3 is 2.81 bits per heavy atom. The Bertz CT molecular complexity index is 859. The van der Waals surface area contributed by atoms with Crippen LogP contribution in [0.15, 0.2) is 32.3 Å². The van der Waals surface area contributed by atoms with Crippen molar-refractivity contribution in [3.8, 4) is 0 Å². The average molecular weight is 312 g/mol. The molecule has 8 nitrogen and oxygen atoms in total. The van der Waals surface area contributed by atoms with Crippen molar-refractivity contribution in [1.29, 1.82) is 0 Å². The zero-order valence-electron chi connectivity index (χ0n) is 11.0. The summed E-state index contributed by atoms with van der Waals surface area (Å²) >= 11 is 0. The number of sulfonamides is 1. The highest BCUT2D eigenvalue weighted by Gasteiger charge is 2.41. The maximum atomic E-state index is 12.4. The molecular weight excluding hydrogens is 300 g/mol. The van der Waals surface area contributed by atoms with E-state index in [1.165, 1.54) is 29.6 Å². The smallest absolute Gasteiger partial charge is 0.417 e. The fraction of sp³-hybridized carbons (Fsp3) is 0.333. The second-order valence-corrected chi connectivity index (χ2v) is 6.65. The summed E-state index contributed by atoms with van der Waals surface area (Å²) in [5, 5.41) is 0. The van der Waals surface area contributed by atoms with Gasteiger partial charge in [0, 0.05) is 13.1 Å². The van der Waals surface area contributed by atoms with Crippen LogP contribution in [0.5, 0.6) is 0 Å². The first-order valence-corrected chi connectivity index (χ1v) is 7.56. The van der Waals surface area contributed by atoms with Gasteiger partial charge in [-0.3, -0.25) is 9.78 Å². The minimum Gasteiger partial charge on any atom is -0.469 e. The fourth-order valence-corrected chi connectivity index (χ4v) is 3.75. The molecule has 1 aliphatic heterocycles. The molecule has 1 aromatic heterocycles. The van der Waals surface area contributed by atoms with Crippen LogP contribution in [0.1, 0.15) is 0 Å². The van der Waals surface area contributed by atoms with Crippen molar-refractivity contribution >= 4 is 27.1 Å². The highest BCUT2D eigenvalue weighted by molar-refractivity contribution is 7.89. The van der Waals surface area contributed by atoms with Crippen molar-refractivity contribution in [1.82, 2.24) is 9.29 Å². The molecule has 1 aromatic carbocycles. The number of ether oxygens (including phenoxy) is 1. The Morgan fingerprint density at radius 1 is 1.43 bits per heavy atom. The van der Waals surface area contributed by atoms with Crippen molar-refractivity contribution in [3.05, 3.63) is 28.7 Å². The first-order valence-electron chi connectivity index (χ1n) is 6.12. The molecule has 3 rings (SSSR count). The predicted molar refractivity (Wildman–Crippen MR) is 71.1 cm³/mol. The van der Waals surface area contributed by atoms with Gasteiger partial charge in [0.15, 0.2) is 5.58 Å². The van der Waals surface area contributed by atoms with E-state index in [9.17, 15) is 18.0 Å². The van der Waals surface area contributed by atoms with Gasteiger partial charge >= 0.3 is 11.7 Å². The third-order valence-corrected chi connectivity index (χ3v) is 5.24. The molecule has 0 atom stereocenters. The van der Waals surface area contributed by atoms with E-state index in [4.69, 9.17) is 4.42 Å². The first-order chi connectivity index (χ1) is 9.91. The number of methoxy groups -OCH3 is 1. The summed E-state index contributed by atoms with van der Waals surface area (Å²) in [5.41, 5.74) is 0.598. The lowest BCUT2D eigenvalue weighted by molar-refractivity contribution is -0.149. The summed E-state index contributed by atoms with van der Waals surface area (Å²) in [7, 11) is -2.43. The van der Waals surface area contributed by atoms with E-state index in [-0.39, 0.29) is 23.6 Å². The van der Waals surface area contributed by atoms with Crippen LogP contribution in [0, 0.1) is 5.92 Å². The van der Waals surface area contributed by atoms with E-state index in [1.807, 2.05) is 0 Å². The topological polar surface area (TPSA) is 110 Å². The second kappa shape index (κ2) is 4.71. The lowest BCUT2D eigenvalue weighted by Gasteiger charge is -2.36. The van der Waals surface area contributed by atoms with Gasteiger partial charge in [-0.1, -0.05) is 0 Å². The minimum atomic E-state index is -3.70. The first kappa shape index (κ1) is 13.8. The average Bonchev–Trinajstić information content (AvgIpc) is 2.75. The standard InChI is InChI=1S/C12H12N2O6S/c1-19-11(15)7-5-14(6-7)21(17,18)8-2-3-10-9(4-8)13-12(16)20-10/h2-4,7H,5-6H2,1H3,(H,13,16). The van der Waals surface area contributed by atoms with E-state index < -0.39 is 27.7 Å². The number of hydrogen-bond acceptors (Lipinski definition) is 6. The van der Waals surface area contributed by atoms with Crippen LogP contribution >= 0.6 is 0 Å². The lowest BCUT2D eigenvalue weighted by atomic mass is 10.0. The number of benzene rings is 1. The van der Waals surface area contributed by atoms with Crippen LogP contribution in [0.25, 0.3) is 11.1 Å². The Labute approximate surface area is 119 Å². The van der Waals surface area contributed by atoms with Gasteiger partial charge in [0.25, 0.3) is 0 Å². The van der Waals surface area contributed by atoms with Crippen LogP contribution in [0.4, 0.5) is 0 Å². The number of aromatic amines is 1. The van der Waals surface area contributed by atoms with E-state index in [0.717, 1.165) is 0 Å². The summed E-state index contributed by atoms with van der Waals surface area (Å²) < 4.78 is 35.3. The van der Waals surface area contributed by atoms with Gasteiger partial charge in [-0.2, -0.15) is 4.31 Å². The van der Waals surface area contributed by atoms with E-state index >= 15 is 0 Å². The summed E-state index contributed by atoms with van der Waals surface area (Å²) in [6.45, 7) is 0.184. The number of oxazole rings is 1. The quantitative estimate of drug-likeness (QED) is 0.794. The van der Waals surface area contributed by atoms with Gasteiger partial charge in [0.1, 0.15) is 0 Å². The number of H-pyrrole nitrogens is 1. The summed E-state index contributed by atoms with van der Waals surface area (Å²) in [6, 6.07) is 4.11. The molecule has 0 saturated carbocycles. The van der Waals surface area contributed by atoms with Gasteiger partial charge in [-0.15, -0.1) is 0 Å². The molecule has 0 radical (unpaired) electrons. The highest BCUT2D eigenvalue weighted by Crippen LogP contribution is 2.27. The summed E-state index contributed by atoms with van der Waals surface area (Å²) in [6.07, 6.45) is 0. The number of carbonyl (C=O) groups is 1. The largest absolute Gasteiger partial charge is 0.469 e. The van der Waals surface area contributed by atoms with Crippen LogP contribution in [-0.2, 0) is 19.6 Å². The van der Waals surface area contributed by atoms with Crippen molar-refractivity contribution in [2.75, 3.05) is 20.2 Å². The number of esters is 1. The van der Waals surface area contributed by atoms with Gasteiger partial charge < -0.3 is 9.15 Å². The summed E-state index contributed by atoms with van der Waals surface area (Å²) in [4.78, 5) is 24.8. The van der Waals surface area contributed by atoms with Crippen LogP contribution < -0.4 is 5.76 Å². The van der Waals surface area contributed by atoms with Crippen LogP contribution in [0.2, 0.25) is 0 Å². The van der Waals surface area contributed by atoms with Gasteiger partial charge in [0.05, 0.1) is 23.4 Å². The predicted octanol–water partition coefficient (Wildman–Crippen LogP) is -0.0854. The number of rotatable bonds is 3. The SMILES string of the molecule is COC(=O)C1CN(S(=O)(=O)c2ccc3oc(=O)[nH]c3c2)C1. The molecule has 1 fully saturated rings. The Balaban J connectivity index is 1.87. The van der Waals surface area contributed by atoms with Crippen molar-refractivity contribution < 1.29 is 22.4 Å². The summed E-state index contributed by atoms with van der Waals surface area (Å²) in [5.74, 6) is -1.49. The zero-order chi connectivity index (χ0) is 15.2. The highest BCUT2D eigenvalue weighted by atomic mass is 32.2. The molecule has 0 amide bonds. The van der Waals surface area contributed by atoms with E-state index in [0.29, 0.717) is 5.52 Å². The molecule has 1 aliphatic rings. The number of aromatic nitrogens is 1. The monoisotopic (exact) mass is 312 g/mol. The van der Waals surface area contributed by atoms with Crippen LogP contribution in [0.3, 0.4) is 0 Å². The Hall–Kier alpha value is -2.13. The molecule has 112 valence electrons. The number of nitrogens with zero attached hydrogens (tertiary/aromatic N) is 1. The third kappa shape index (κ3) is 2.24. The molecular formula is C12H12N2O6S. The fourth-order valence-electron chi connectivity index (χ4n) is 2.19. The Kier molecular flexibility index (Phi) is 3.10. The number of carbonyl (C=O) groups excluding carboxylic acids is 1. The van der Waals surface area contributed by atoms with Gasteiger partial charge in [-0.05, 0) is 18.2 Å². The number of nitrogens with one attached hydrogen (secondary N) is 1. The lowest BCUT2D eigenvalue weighted by Crippen LogP contribution is -2.53. The molecule has 0 spiro atoms. The number of fused-ring (bicyclic) bond motifs is 1. The molecule has 21 heavy (non-hydrogen) atoms. The molecule has 9 heteroatoms. The van der Waals surface area contributed by atoms with Crippen LogP contribution in [-0.4, -0.2) is 43.9 Å². The Morgan fingerprint density at radius 2 is 2.14 bits per heavy atom. The van der Waals surface area contributed by atoms with Crippen molar-refractivity contribution in [2.45, 2.75) is 4.90 Å². The molecule has 2 aromatic rings. The molecule has 0 unspecified atom stereocenters. The number of hydrogen-bond donors (Lipinski definition) is 1. The minimum absolute atomic E-state index is 0.0374. The molecule has 0 bridgehead atoms. The van der Waals surface area contributed by atoms with E-state index in [1.54, 1.807) is 0 Å². The maximum absolute atomic E-state index is 12.4. The van der Waals surface area contributed by atoms with E-state index in [2.05, 4.69) is 9.72 Å². The third-order valence-electron chi connectivity index (χ3n) is 3.41. The zero-order valence-corrected chi connectivity index (χ0v) is 11.8. The van der Waals surface area contributed by atoms with Gasteiger partial charge in [0.2, 0.25) is 10.0 Å². The van der Waals surface area contributed by atoms with Crippen molar-refractivity contribution in [3.63, 3.8) is 0 Å². The molecule has 0 aliphatic carbocycles. The maximum Gasteiger partial charge on any atom is 0.417 e. The van der Waals surface area contributed by atoms with Crippen molar-refractivity contribution in [2.24, 2.45) is 5.92 Å². The molecule has 1 saturated heterocycles.